The first-order chi connectivity index (χ1) is 9.11. The molecular formula is C15H21N3O. The van der Waals surface area contributed by atoms with Gasteiger partial charge in [0.05, 0.1) is 6.07 Å². The minimum atomic E-state index is -0.224. The number of aryl methyl sites for hydroxylation is 1. The molecule has 0 aromatic carbocycles. The van der Waals surface area contributed by atoms with Crippen LogP contribution in [0.25, 0.3) is 0 Å². The van der Waals surface area contributed by atoms with Gasteiger partial charge in [0.25, 0.3) is 0 Å². The molecule has 1 unspecified atom stereocenters. The summed E-state index contributed by atoms with van der Waals surface area (Å²) in [7, 11) is 0. The summed E-state index contributed by atoms with van der Waals surface area (Å²) >= 11 is 0. The van der Waals surface area contributed by atoms with E-state index >= 15 is 0 Å². The van der Waals surface area contributed by atoms with Crippen molar-refractivity contribution < 1.29 is 4.74 Å². The van der Waals surface area contributed by atoms with Crippen LogP contribution in [0.5, 0.6) is 0 Å². The zero-order chi connectivity index (χ0) is 13.8. The number of hydrogen-bond acceptors (Lipinski definition) is 4. The number of rotatable bonds is 3. The standard InChI is InChI=1S/C15H21N3O/c1-10(2)13(9-16)15-17-11(3)8-14(18-15)12-4-6-19-7-5-12/h8,10,12-13H,4-7H2,1-3H3. The largest absolute Gasteiger partial charge is 0.381 e. The molecule has 0 saturated carbocycles. The van der Waals surface area contributed by atoms with Crippen molar-refractivity contribution in [3.8, 4) is 6.07 Å². The van der Waals surface area contributed by atoms with Crippen LogP contribution < -0.4 is 0 Å². The summed E-state index contributed by atoms with van der Waals surface area (Å²) in [6, 6.07) is 4.38. The third-order valence-electron chi connectivity index (χ3n) is 3.61. The van der Waals surface area contributed by atoms with E-state index in [1.54, 1.807) is 0 Å². The average molecular weight is 259 g/mol. The molecule has 4 heteroatoms. The summed E-state index contributed by atoms with van der Waals surface area (Å²) in [6.45, 7) is 7.65. The minimum absolute atomic E-state index is 0.224. The quantitative estimate of drug-likeness (QED) is 0.837. The molecule has 1 fully saturated rings. The van der Waals surface area contributed by atoms with Gasteiger partial charge in [-0.25, -0.2) is 9.97 Å². The Bertz CT molecular complexity index is 473. The average Bonchev–Trinajstić information content (AvgIpc) is 2.39. The molecular weight excluding hydrogens is 238 g/mol. The van der Waals surface area contributed by atoms with E-state index in [2.05, 4.69) is 16.0 Å². The second-order valence-corrected chi connectivity index (χ2v) is 5.53. The van der Waals surface area contributed by atoms with Crippen molar-refractivity contribution in [1.29, 1.82) is 5.26 Å². The lowest BCUT2D eigenvalue weighted by molar-refractivity contribution is 0.0844. The van der Waals surface area contributed by atoms with Gasteiger partial charge in [-0.2, -0.15) is 5.26 Å². The lowest BCUT2D eigenvalue weighted by Crippen LogP contribution is -2.18. The molecule has 0 N–H and O–H groups in total. The molecule has 0 spiro atoms. The summed E-state index contributed by atoms with van der Waals surface area (Å²) in [4.78, 5) is 9.12. The summed E-state index contributed by atoms with van der Waals surface area (Å²) in [5, 5.41) is 9.29. The van der Waals surface area contributed by atoms with Crippen LogP contribution in [0.1, 0.15) is 55.7 Å². The third kappa shape index (κ3) is 3.30. The number of hydrogen-bond donors (Lipinski definition) is 0. The van der Waals surface area contributed by atoms with Gasteiger partial charge in [-0.05, 0) is 31.7 Å². The van der Waals surface area contributed by atoms with Crippen LogP contribution in [0.2, 0.25) is 0 Å². The Morgan fingerprint density at radius 2 is 2.00 bits per heavy atom. The fraction of sp³-hybridized carbons (Fsp3) is 0.667. The molecule has 0 aliphatic carbocycles. The Hall–Kier alpha value is -1.47. The normalized spacial score (nSPS) is 18.3. The molecule has 19 heavy (non-hydrogen) atoms. The maximum absolute atomic E-state index is 9.29. The Balaban J connectivity index is 2.31. The van der Waals surface area contributed by atoms with Gasteiger partial charge in [0.15, 0.2) is 0 Å². The maximum Gasteiger partial charge on any atom is 0.146 e. The molecule has 2 rings (SSSR count). The molecule has 1 aliphatic rings. The fourth-order valence-electron chi connectivity index (χ4n) is 2.46. The van der Waals surface area contributed by atoms with Crippen LogP contribution in [0.3, 0.4) is 0 Å². The van der Waals surface area contributed by atoms with Gasteiger partial charge in [0, 0.05) is 30.5 Å². The second-order valence-electron chi connectivity index (χ2n) is 5.53. The molecule has 1 aliphatic heterocycles. The van der Waals surface area contributed by atoms with Crippen LogP contribution in [-0.4, -0.2) is 23.2 Å². The molecule has 0 radical (unpaired) electrons. The van der Waals surface area contributed by atoms with Crippen molar-refractivity contribution in [2.75, 3.05) is 13.2 Å². The minimum Gasteiger partial charge on any atom is -0.381 e. The van der Waals surface area contributed by atoms with Gasteiger partial charge in [0.2, 0.25) is 0 Å². The van der Waals surface area contributed by atoms with Crippen molar-refractivity contribution in [2.45, 2.75) is 45.4 Å². The zero-order valence-electron chi connectivity index (χ0n) is 11.9. The van der Waals surface area contributed by atoms with Crippen LogP contribution in [-0.2, 0) is 4.74 Å². The highest BCUT2D eigenvalue weighted by Crippen LogP contribution is 2.28. The van der Waals surface area contributed by atoms with Crippen LogP contribution in [0, 0.1) is 24.2 Å². The molecule has 2 heterocycles. The zero-order valence-corrected chi connectivity index (χ0v) is 11.9. The van der Waals surface area contributed by atoms with E-state index in [0.717, 1.165) is 37.4 Å². The van der Waals surface area contributed by atoms with Gasteiger partial charge in [-0.1, -0.05) is 13.8 Å². The Morgan fingerprint density at radius 1 is 1.32 bits per heavy atom. The third-order valence-corrected chi connectivity index (χ3v) is 3.61. The van der Waals surface area contributed by atoms with Gasteiger partial charge in [0.1, 0.15) is 11.7 Å². The molecule has 4 nitrogen and oxygen atoms in total. The van der Waals surface area contributed by atoms with E-state index in [1.165, 1.54) is 0 Å². The Kier molecular flexibility index (Phi) is 4.49. The highest BCUT2D eigenvalue weighted by Gasteiger charge is 2.22. The SMILES string of the molecule is Cc1cc(C2CCOCC2)nc(C(C#N)C(C)C)n1. The first-order valence-corrected chi connectivity index (χ1v) is 6.94. The molecule has 1 saturated heterocycles. The van der Waals surface area contributed by atoms with E-state index in [1.807, 2.05) is 26.8 Å². The molecule has 0 amide bonds. The van der Waals surface area contributed by atoms with Crippen molar-refractivity contribution in [1.82, 2.24) is 9.97 Å². The van der Waals surface area contributed by atoms with Crippen molar-refractivity contribution in [2.24, 2.45) is 5.92 Å². The summed E-state index contributed by atoms with van der Waals surface area (Å²) in [6.07, 6.45) is 2.02. The smallest absolute Gasteiger partial charge is 0.146 e. The van der Waals surface area contributed by atoms with Gasteiger partial charge in [-0.3, -0.25) is 0 Å². The van der Waals surface area contributed by atoms with E-state index in [4.69, 9.17) is 4.74 Å². The highest BCUT2D eigenvalue weighted by molar-refractivity contribution is 5.19. The number of aromatic nitrogens is 2. The van der Waals surface area contributed by atoms with Crippen molar-refractivity contribution in [3.63, 3.8) is 0 Å². The molecule has 1 aromatic heterocycles. The fourth-order valence-corrected chi connectivity index (χ4v) is 2.46. The molecule has 102 valence electrons. The first-order valence-electron chi connectivity index (χ1n) is 6.94. The van der Waals surface area contributed by atoms with Gasteiger partial charge < -0.3 is 4.74 Å². The monoisotopic (exact) mass is 259 g/mol. The lowest BCUT2D eigenvalue weighted by Gasteiger charge is -2.23. The van der Waals surface area contributed by atoms with E-state index in [0.29, 0.717) is 11.7 Å². The summed E-state index contributed by atoms with van der Waals surface area (Å²) < 4.78 is 5.39. The lowest BCUT2D eigenvalue weighted by atomic mass is 9.93. The maximum atomic E-state index is 9.29. The Labute approximate surface area is 114 Å². The topological polar surface area (TPSA) is 58.8 Å². The predicted octanol–water partition coefficient (Wildman–Crippen LogP) is 2.94. The predicted molar refractivity (Wildman–Crippen MR) is 72.8 cm³/mol. The summed E-state index contributed by atoms with van der Waals surface area (Å²) in [5.74, 6) is 1.13. The van der Waals surface area contributed by atoms with Crippen LogP contribution in [0.15, 0.2) is 6.07 Å². The number of nitrogens with zero attached hydrogens (tertiary/aromatic N) is 3. The van der Waals surface area contributed by atoms with Crippen molar-refractivity contribution >= 4 is 0 Å². The number of ether oxygens (including phenoxy) is 1. The summed E-state index contributed by atoms with van der Waals surface area (Å²) in [5.41, 5.74) is 2.03. The highest BCUT2D eigenvalue weighted by atomic mass is 16.5. The Morgan fingerprint density at radius 3 is 2.58 bits per heavy atom. The van der Waals surface area contributed by atoms with E-state index in [-0.39, 0.29) is 11.8 Å². The number of nitriles is 1. The van der Waals surface area contributed by atoms with E-state index < -0.39 is 0 Å². The van der Waals surface area contributed by atoms with Gasteiger partial charge in [-0.15, -0.1) is 0 Å². The molecule has 0 bridgehead atoms. The van der Waals surface area contributed by atoms with Gasteiger partial charge >= 0.3 is 0 Å². The molecule has 1 aromatic rings. The van der Waals surface area contributed by atoms with E-state index in [9.17, 15) is 5.26 Å². The van der Waals surface area contributed by atoms with Crippen LogP contribution in [0.4, 0.5) is 0 Å². The first kappa shape index (κ1) is 14.0. The van der Waals surface area contributed by atoms with Crippen LogP contribution >= 0.6 is 0 Å². The second kappa shape index (κ2) is 6.12. The molecule has 1 atom stereocenters. The van der Waals surface area contributed by atoms with Crippen molar-refractivity contribution in [3.05, 3.63) is 23.3 Å².